The van der Waals surface area contributed by atoms with E-state index in [2.05, 4.69) is 0 Å². The number of fused-ring (bicyclic) bond motifs is 1. The van der Waals surface area contributed by atoms with E-state index >= 15 is 0 Å². The Bertz CT molecular complexity index is 683. The Hall–Kier alpha value is -1.62. The van der Waals surface area contributed by atoms with Crippen LogP contribution in [0.2, 0.25) is 0 Å². The smallest absolute Gasteiger partial charge is 0.180 e. The quantitative estimate of drug-likeness (QED) is 0.775. The average molecular weight is 251 g/mol. The summed E-state index contributed by atoms with van der Waals surface area (Å²) >= 11 is 0. The predicted octanol–water partition coefficient (Wildman–Crippen LogP) is 1.41. The number of sulfone groups is 1. The highest BCUT2D eigenvalue weighted by Gasteiger charge is 2.17. The average Bonchev–Trinajstić information content (AvgIpc) is 2.55. The second kappa shape index (κ2) is 4.00. The van der Waals surface area contributed by atoms with Gasteiger partial charge in [-0.2, -0.15) is 0 Å². The van der Waals surface area contributed by atoms with Crippen LogP contribution in [0.3, 0.4) is 0 Å². The zero-order chi connectivity index (χ0) is 12.6. The molecular formula is C12H13NO3S. The van der Waals surface area contributed by atoms with E-state index < -0.39 is 15.6 Å². The van der Waals surface area contributed by atoms with Gasteiger partial charge in [-0.05, 0) is 6.07 Å². The molecule has 1 aromatic carbocycles. The van der Waals surface area contributed by atoms with Crippen molar-refractivity contribution in [1.29, 1.82) is 0 Å². The van der Waals surface area contributed by atoms with Crippen LogP contribution in [-0.2, 0) is 16.9 Å². The van der Waals surface area contributed by atoms with Crippen LogP contribution in [0.25, 0.3) is 10.9 Å². The fourth-order valence-corrected chi connectivity index (χ4v) is 2.51. The molecule has 0 atom stereocenters. The summed E-state index contributed by atoms with van der Waals surface area (Å²) in [5.41, 5.74) is 1.39. The van der Waals surface area contributed by atoms with Crippen LogP contribution < -0.4 is 0 Å². The van der Waals surface area contributed by atoms with E-state index in [4.69, 9.17) is 0 Å². The minimum atomic E-state index is -3.29. The van der Waals surface area contributed by atoms with Gasteiger partial charge in [-0.15, -0.1) is 0 Å². The van der Waals surface area contributed by atoms with Gasteiger partial charge in [0.25, 0.3) is 0 Å². The fraction of sp³-hybridized carbons (Fsp3) is 0.250. The molecule has 0 saturated heterocycles. The molecule has 0 spiro atoms. The van der Waals surface area contributed by atoms with Crippen LogP contribution >= 0.6 is 0 Å². The van der Waals surface area contributed by atoms with Gasteiger partial charge in [0, 0.05) is 36.0 Å². The SMILES string of the molecule is Cn1cc(C(=O)CS(C)(=O)=O)c2ccccc21. The van der Waals surface area contributed by atoms with Gasteiger partial charge in [-0.3, -0.25) is 4.79 Å². The van der Waals surface area contributed by atoms with Gasteiger partial charge in [-0.1, -0.05) is 18.2 Å². The van der Waals surface area contributed by atoms with Gasteiger partial charge in [0.05, 0.1) is 0 Å². The fourth-order valence-electron chi connectivity index (χ4n) is 1.88. The van der Waals surface area contributed by atoms with Crippen LogP contribution in [0.5, 0.6) is 0 Å². The van der Waals surface area contributed by atoms with Gasteiger partial charge in [-0.25, -0.2) is 8.42 Å². The number of benzene rings is 1. The maximum atomic E-state index is 11.9. The molecule has 2 rings (SSSR count). The molecule has 0 N–H and O–H groups in total. The van der Waals surface area contributed by atoms with Crippen molar-refractivity contribution in [3.8, 4) is 0 Å². The lowest BCUT2D eigenvalue weighted by Gasteiger charge is -1.97. The lowest BCUT2D eigenvalue weighted by Crippen LogP contribution is -2.14. The topological polar surface area (TPSA) is 56.1 Å². The second-order valence-electron chi connectivity index (χ2n) is 4.16. The Kier molecular flexibility index (Phi) is 2.79. The minimum absolute atomic E-state index is 0.357. The summed E-state index contributed by atoms with van der Waals surface area (Å²) in [4.78, 5) is 11.9. The molecule has 90 valence electrons. The van der Waals surface area contributed by atoms with Crippen molar-refractivity contribution in [2.75, 3.05) is 12.0 Å². The molecule has 0 amide bonds. The zero-order valence-electron chi connectivity index (χ0n) is 9.67. The van der Waals surface area contributed by atoms with Gasteiger partial charge >= 0.3 is 0 Å². The first-order chi connectivity index (χ1) is 7.88. The van der Waals surface area contributed by atoms with E-state index in [9.17, 15) is 13.2 Å². The summed E-state index contributed by atoms with van der Waals surface area (Å²) in [6.45, 7) is 0. The first-order valence-electron chi connectivity index (χ1n) is 5.13. The first kappa shape index (κ1) is 11.9. The van der Waals surface area contributed by atoms with Crippen LogP contribution in [0.15, 0.2) is 30.5 Å². The summed E-state index contributed by atoms with van der Waals surface area (Å²) in [6.07, 6.45) is 2.74. The molecule has 0 saturated carbocycles. The van der Waals surface area contributed by atoms with Crippen LogP contribution in [-0.4, -0.2) is 30.8 Å². The van der Waals surface area contributed by atoms with E-state index in [1.165, 1.54) is 0 Å². The first-order valence-corrected chi connectivity index (χ1v) is 7.19. The van der Waals surface area contributed by atoms with Crippen LogP contribution in [0, 0.1) is 0 Å². The number of nitrogens with zero attached hydrogens (tertiary/aromatic N) is 1. The molecule has 1 heterocycles. The van der Waals surface area contributed by atoms with Crippen molar-refractivity contribution >= 4 is 26.5 Å². The van der Waals surface area contributed by atoms with Crippen molar-refractivity contribution in [2.24, 2.45) is 7.05 Å². The monoisotopic (exact) mass is 251 g/mol. The Morgan fingerprint density at radius 3 is 2.59 bits per heavy atom. The molecule has 0 radical (unpaired) electrons. The van der Waals surface area contributed by atoms with E-state index in [0.717, 1.165) is 17.2 Å². The molecule has 4 nitrogen and oxygen atoms in total. The molecule has 0 fully saturated rings. The maximum Gasteiger partial charge on any atom is 0.180 e. The third kappa shape index (κ3) is 2.39. The van der Waals surface area contributed by atoms with E-state index in [0.29, 0.717) is 5.56 Å². The largest absolute Gasteiger partial charge is 0.350 e. The molecule has 0 aliphatic heterocycles. The molecule has 0 aliphatic rings. The number of ketones is 1. The number of aromatic nitrogens is 1. The number of aryl methyl sites for hydroxylation is 1. The van der Waals surface area contributed by atoms with Crippen molar-refractivity contribution < 1.29 is 13.2 Å². The van der Waals surface area contributed by atoms with Crippen LogP contribution in [0.1, 0.15) is 10.4 Å². The maximum absolute atomic E-state index is 11.9. The Balaban J connectivity index is 2.53. The van der Waals surface area contributed by atoms with Crippen molar-refractivity contribution in [3.63, 3.8) is 0 Å². The highest BCUT2D eigenvalue weighted by molar-refractivity contribution is 7.91. The molecule has 2 aromatic rings. The zero-order valence-corrected chi connectivity index (χ0v) is 10.5. The summed E-state index contributed by atoms with van der Waals surface area (Å²) in [5.74, 6) is -0.801. The van der Waals surface area contributed by atoms with Crippen molar-refractivity contribution in [3.05, 3.63) is 36.0 Å². The number of hydrogen-bond donors (Lipinski definition) is 0. The number of hydrogen-bond acceptors (Lipinski definition) is 3. The Morgan fingerprint density at radius 2 is 1.94 bits per heavy atom. The predicted molar refractivity (Wildman–Crippen MR) is 67.0 cm³/mol. The molecule has 1 aromatic heterocycles. The van der Waals surface area contributed by atoms with E-state index in [1.54, 1.807) is 6.20 Å². The van der Waals surface area contributed by atoms with Gasteiger partial charge in [0.15, 0.2) is 15.6 Å². The third-order valence-corrected chi connectivity index (χ3v) is 3.38. The standard InChI is InChI=1S/C12H13NO3S/c1-13-7-10(12(14)8-17(2,15)16)9-5-3-4-6-11(9)13/h3-7H,8H2,1-2H3. The number of rotatable bonds is 3. The summed E-state index contributed by atoms with van der Waals surface area (Å²) in [7, 11) is -1.46. The number of para-hydroxylation sites is 1. The minimum Gasteiger partial charge on any atom is -0.350 e. The highest BCUT2D eigenvalue weighted by atomic mass is 32.2. The van der Waals surface area contributed by atoms with Gasteiger partial charge in [0.1, 0.15) is 5.75 Å². The Labute approximate surface area is 99.8 Å². The van der Waals surface area contributed by atoms with Crippen molar-refractivity contribution in [2.45, 2.75) is 0 Å². The third-order valence-electron chi connectivity index (χ3n) is 2.59. The highest BCUT2D eigenvalue weighted by Crippen LogP contribution is 2.20. The van der Waals surface area contributed by atoms with Crippen molar-refractivity contribution in [1.82, 2.24) is 4.57 Å². The lowest BCUT2D eigenvalue weighted by atomic mass is 10.1. The summed E-state index contributed by atoms with van der Waals surface area (Å²) in [5, 5.41) is 0.795. The molecule has 17 heavy (non-hydrogen) atoms. The lowest BCUT2D eigenvalue weighted by molar-refractivity contribution is 0.102. The van der Waals surface area contributed by atoms with Gasteiger partial charge < -0.3 is 4.57 Å². The molecule has 5 heteroatoms. The number of Topliss-reactive ketones (excluding diaryl/α,β-unsaturated/α-hetero) is 1. The molecule has 0 bridgehead atoms. The number of carbonyl (C=O) groups excluding carboxylic acids is 1. The number of carbonyl (C=O) groups is 1. The second-order valence-corrected chi connectivity index (χ2v) is 6.30. The Morgan fingerprint density at radius 1 is 1.29 bits per heavy atom. The van der Waals surface area contributed by atoms with E-state index in [1.807, 2.05) is 35.9 Å². The molecular weight excluding hydrogens is 238 g/mol. The molecule has 0 aliphatic carbocycles. The summed E-state index contributed by atoms with van der Waals surface area (Å²) < 4.78 is 24.1. The summed E-state index contributed by atoms with van der Waals surface area (Å²) in [6, 6.07) is 7.43. The van der Waals surface area contributed by atoms with Crippen LogP contribution in [0.4, 0.5) is 0 Å². The van der Waals surface area contributed by atoms with Gasteiger partial charge in [0.2, 0.25) is 0 Å². The normalized spacial score (nSPS) is 11.9. The van der Waals surface area contributed by atoms with E-state index in [-0.39, 0.29) is 5.78 Å². The molecule has 0 unspecified atom stereocenters.